The van der Waals surface area contributed by atoms with E-state index in [2.05, 4.69) is 9.72 Å². The average Bonchev–Trinajstić information content (AvgIpc) is 2.93. The first-order valence-corrected chi connectivity index (χ1v) is 6.89. The fourth-order valence-corrected chi connectivity index (χ4v) is 2.43. The first kappa shape index (κ1) is 16.3. The van der Waals surface area contributed by atoms with Crippen molar-refractivity contribution < 1.29 is 19.1 Å². The summed E-state index contributed by atoms with van der Waals surface area (Å²) in [6, 6.07) is 5.07. The van der Waals surface area contributed by atoms with Crippen molar-refractivity contribution in [2.24, 2.45) is 0 Å². The molecule has 116 valence electrons. The molecule has 0 unspecified atom stereocenters. The zero-order valence-electron chi connectivity index (χ0n) is 11.8. The molecule has 0 bridgehead atoms. The van der Waals surface area contributed by atoms with Crippen LogP contribution in [0.4, 0.5) is 0 Å². The van der Waals surface area contributed by atoms with Gasteiger partial charge in [0.15, 0.2) is 11.4 Å². The van der Waals surface area contributed by atoms with Crippen molar-refractivity contribution in [2.75, 3.05) is 14.2 Å². The van der Waals surface area contributed by atoms with E-state index in [9.17, 15) is 9.59 Å². The summed E-state index contributed by atoms with van der Waals surface area (Å²) in [5, 5.41) is 0.883. The van der Waals surface area contributed by atoms with Crippen molar-refractivity contribution in [1.82, 2.24) is 9.55 Å². The molecule has 0 aliphatic rings. The van der Waals surface area contributed by atoms with Crippen LogP contribution >= 0.6 is 23.2 Å². The van der Waals surface area contributed by atoms with Crippen molar-refractivity contribution in [2.45, 2.75) is 6.54 Å². The number of methoxy groups -OCH3 is 2. The van der Waals surface area contributed by atoms with E-state index < -0.39 is 11.9 Å². The molecule has 8 heteroatoms. The van der Waals surface area contributed by atoms with Gasteiger partial charge in [-0.3, -0.25) is 0 Å². The molecule has 0 saturated carbocycles. The van der Waals surface area contributed by atoms with E-state index in [1.807, 2.05) is 0 Å². The van der Waals surface area contributed by atoms with E-state index in [4.69, 9.17) is 27.9 Å². The zero-order chi connectivity index (χ0) is 16.3. The SMILES string of the molecule is COC(=O)c1ncn(Cc2c(Cl)cccc2Cl)c1C(=O)OC. The van der Waals surface area contributed by atoms with Crippen molar-refractivity contribution in [3.8, 4) is 0 Å². The van der Waals surface area contributed by atoms with Gasteiger partial charge in [0, 0.05) is 15.6 Å². The number of ether oxygens (including phenoxy) is 2. The Morgan fingerprint density at radius 2 is 1.73 bits per heavy atom. The lowest BCUT2D eigenvalue weighted by molar-refractivity contribution is 0.0544. The minimum absolute atomic E-state index is 0.0228. The summed E-state index contributed by atoms with van der Waals surface area (Å²) in [6.07, 6.45) is 1.33. The average molecular weight is 343 g/mol. The Morgan fingerprint density at radius 3 is 2.27 bits per heavy atom. The zero-order valence-corrected chi connectivity index (χ0v) is 13.3. The second-order valence-electron chi connectivity index (χ2n) is 4.25. The molecule has 0 aliphatic carbocycles. The normalized spacial score (nSPS) is 10.4. The van der Waals surface area contributed by atoms with Gasteiger partial charge >= 0.3 is 11.9 Å². The van der Waals surface area contributed by atoms with Crippen molar-refractivity contribution in [1.29, 1.82) is 0 Å². The number of hydrogen-bond acceptors (Lipinski definition) is 5. The van der Waals surface area contributed by atoms with Crippen molar-refractivity contribution in [3.63, 3.8) is 0 Å². The smallest absolute Gasteiger partial charge is 0.359 e. The Labute approximate surface area is 136 Å². The molecule has 0 amide bonds. The van der Waals surface area contributed by atoms with Gasteiger partial charge in [-0.2, -0.15) is 0 Å². The first-order chi connectivity index (χ1) is 10.5. The fraction of sp³-hybridized carbons (Fsp3) is 0.214. The van der Waals surface area contributed by atoms with Crippen LogP contribution in [0.1, 0.15) is 26.5 Å². The van der Waals surface area contributed by atoms with Crippen LogP contribution < -0.4 is 0 Å². The Balaban J connectivity index is 2.50. The van der Waals surface area contributed by atoms with Gasteiger partial charge in [0.2, 0.25) is 0 Å². The Bertz CT molecular complexity index is 707. The third-order valence-corrected chi connectivity index (χ3v) is 3.69. The highest BCUT2D eigenvalue weighted by Crippen LogP contribution is 2.26. The number of nitrogens with zero attached hydrogens (tertiary/aromatic N) is 2. The van der Waals surface area contributed by atoms with Gasteiger partial charge in [0.25, 0.3) is 0 Å². The monoisotopic (exact) mass is 342 g/mol. The summed E-state index contributed by atoms with van der Waals surface area (Å²) in [5.41, 5.74) is 0.452. The molecule has 6 nitrogen and oxygen atoms in total. The summed E-state index contributed by atoms with van der Waals surface area (Å²) in [4.78, 5) is 27.5. The predicted octanol–water partition coefficient (Wildman–Crippen LogP) is 2.81. The Kier molecular flexibility index (Phi) is 5.05. The van der Waals surface area contributed by atoms with E-state index >= 15 is 0 Å². The van der Waals surface area contributed by atoms with E-state index in [-0.39, 0.29) is 17.9 Å². The number of hydrogen-bond donors (Lipinski definition) is 0. The topological polar surface area (TPSA) is 70.4 Å². The molecule has 2 rings (SSSR count). The van der Waals surface area contributed by atoms with Gasteiger partial charge in [-0.15, -0.1) is 0 Å². The molecule has 22 heavy (non-hydrogen) atoms. The summed E-state index contributed by atoms with van der Waals surface area (Å²) >= 11 is 12.2. The van der Waals surface area contributed by atoms with E-state index in [0.717, 1.165) is 0 Å². The summed E-state index contributed by atoms with van der Waals surface area (Å²) in [5.74, 6) is -1.44. The molecule has 0 spiro atoms. The van der Waals surface area contributed by atoms with E-state index in [0.29, 0.717) is 15.6 Å². The summed E-state index contributed by atoms with van der Waals surface area (Å²) in [6.45, 7) is 0.160. The highest BCUT2D eigenvalue weighted by molar-refractivity contribution is 6.36. The summed E-state index contributed by atoms with van der Waals surface area (Å²) in [7, 11) is 2.41. The van der Waals surface area contributed by atoms with Gasteiger partial charge in [0.05, 0.1) is 27.1 Å². The predicted molar refractivity (Wildman–Crippen MR) is 80.5 cm³/mol. The molecular formula is C14H12Cl2N2O4. The van der Waals surface area contributed by atoms with E-state index in [1.54, 1.807) is 18.2 Å². The van der Waals surface area contributed by atoms with Crippen LogP contribution in [0.3, 0.4) is 0 Å². The van der Waals surface area contributed by atoms with Gasteiger partial charge in [-0.1, -0.05) is 29.3 Å². The number of aromatic nitrogens is 2. The van der Waals surface area contributed by atoms with Crippen molar-refractivity contribution >= 4 is 35.1 Å². The third kappa shape index (κ3) is 3.08. The maximum atomic E-state index is 11.9. The van der Waals surface area contributed by atoms with Crippen LogP contribution in [0.15, 0.2) is 24.5 Å². The molecule has 0 radical (unpaired) electrons. The number of imidazole rings is 1. The highest BCUT2D eigenvalue weighted by atomic mass is 35.5. The standard InChI is InChI=1S/C14H12Cl2N2O4/c1-21-13(19)11-12(14(20)22-2)18(7-17-11)6-8-9(15)4-3-5-10(8)16/h3-5,7H,6H2,1-2H3. The largest absolute Gasteiger partial charge is 0.464 e. The van der Waals surface area contributed by atoms with Crippen LogP contribution in [0.5, 0.6) is 0 Å². The Morgan fingerprint density at radius 1 is 1.14 bits per heavy atom. The number of carbonyl (C=O) groups excluding carboxylic acids is 2. The van der Waals surface area contributed by atoms with Crippen molar-refractivity contribution in [3.05, 3.63) is 51.5 Å². The molecule has 0 fully saturated rings. The van der Waals surface area contributed by atoms with Gasteiger partial charge in [-0.25, -0.2) is 14.6 Å². The van der Waals surface area contributed by atoms with Crippen LogP contribution in [0.2, 0.25) is 10.0 Å². The van der Waals surface area contributed by atoms with Crippen LogP contribution in [-0.4, -0.2) is 35.7 Å². The molecule has 0 saturated heterocycles. The maximum absolute atomic E-state index is 11.9. The molecular weight excluding hydrogens is 331 g/mol. The maximum Gasteiger partial charge on any atom is 0.359 e. The quantitative estimate of drug-likeness (QED) is 0.799. The third-order valence-electron chi connectivity index (χ3n) is 2.99. The molecule has 0 N–H and O–H groups in total. The second kappa shape index (κ2) is 6.81. The van der Waals surface area contributed by atoms with E-state index in [1.165, 1.54) is 25.1 Å². The van der Waals surface area contributed by atoms with Crippen LogP contribution in [0.25, 0.3) is 0 Å². The minimum atomic E-state index is -0.732. The van der Waals surface area contributed by atoms with Gasteiger partial charge in [0.1, 0.15) is 0 Å². The second-order valence-corrected chi connectivity index (χ2v) is 5.07. The highest BCUT2D eigenvalue weighted by Gasteiger charge is 2.25. The number of rotatable bonds is 4. The number of benzene rings is 1. The minimum Gasteiger partial charge on any atom is -0.464 e. The van der Waals surface area contributed by atoms with Crippen LogP contribution in [-0.2, 0) is 16.0 Å². The number of esters is 2. The molecule has 0 aliphatic heterocycles. The van der Waals surface area contributed by atoms with Crippen LogP contribution in [0, 0.1) is 0 Å². The first-order valence-electron chi connectivity index (χ1n) is 6.14. The number of carbonyl (C=O) groups is 2. The lowest BCUT2D eigenvalue weighted by Crippen LogP contribution is -2.16. The lowest BCUT2D eigenvalue weighted by atomic mass is 10.2. The number of halogens is 2. The molecule has 1 aromatic carbocycles. The summed E-state index contributed by atoms with van der Waals surface area (Å²) < 4.78 is 10.7. The molecule has 1 heterocycles. The van der Waals surface area contributed by atoms with Gasteiger partial charge < -0.3 is 14.0 Å². The molecule has 1 aromatic heterocycles. The molecule has 0 atom stereocenters. The van der Waals surface area contributed by atoms with Gasteiger partial charge in [-0.05, 0) is 12.1 Å². The lowest BCUT2D eigenvalue weighted by Gasteiger charge is -2.10. The molecule has 2 aromatic rings. The Hall–Kier alpha value is -2.05. The fourth-order valence-electron chi connectivity index (χ4n) is 1.91.